The maximum absolute atomic E-state index is 13.4. The van der Waals surface area contributed by atoms with E-state index in [1.165, 1.54) is 40.7 Å². The van der Waals surface area contributed by atoms with Gasteiger partial charge in [0.25, 0.3) is 0 Å². The number of nitrogens with zero attached hydrogens (tertiary/aromatic N) is 5. The first kappa shape index (κ1) is 18.1. The summed E-state index contributed by atoms with van der Waals surface area (Å²) in [6, 6.07) is 11.7. The molecular weight excluding hydrogens is 386 g/mol. The van der Waals surface area contributed by atoms with Gasteiger partial charge in [-0.1, -0.05) is 23.9 Å². The molecular formula is C18H14F2N6OS. The predicted molar refractivity (Wildman–Crippen MR) is 99.5 cm³/mol. The van der Waals surface area contributed by atoms with Gasteiger partial charge in [-0.2, -0.15) is 0 Å². The zero-order valence-electron chi connectivity index (χ0n) is 14.6. The molecule has 4 aromatic rings. The van der Waals surface area contributed by atoms with Gasteiger partial charge in [0.05, 0.1) is 5.25 Å². The topological polar surface area (TPSA) is 95.7 Å². The third-order valence-corrected chi connectivity index (χ3v) is 4.95. The van der Waals surface area contributed by atoms with Crippen LogP contribution < -0.4 is 5.84 Å². The van der Waals surface area contributed by atoms with Crippen molar-refractivity contribution in [1.29, 1.82) is 0 Å². The number of rotatable bonds is 5. The average molecular weight is 400 g/mol. The number of nitrogen functional groups attached to an aromatic ring is 1. The number of halogens is 2. The largest absolute Gasteiger partial charge is 0.419 e. The molecule has 28 heavy (non-hydrogen) atoms. The molecule has 0 saturated carbocycles. The highest BCUT2D eigenvalue weighted by molar-refractivity contribution is 7.99. The van der Waals surface area contributed by atoms with Crippen LogP contribution >= 0.6 is 11.8 Å². The standard InChI is InChI=1S/C18H14F2N6OS/c1-10(16-23-24-17(27-16)11-5-7-13(19)8-6-11)28-18-25-22-15(26(18)21)12-3-2-4-14(20)9-12/h2-10H,21H2,1H3/t10-/m0/s1. The Morgan fingerprint density at radius 2 is 1.75 bits per heavy atom. The normalized spacial score (nSPS) is 12.2. The van der Waals surface area contributed by atoms with E-state index in [0.29, 0.717) is 28.0 Å². The first-order chi connectivity index (χ1) is 13.5. The molecule has 0 aliphatic heterocycles. The Labute approximate surface area is 162 Å². The molecule has 0 fully saturated rings. The predicted octanol–water partition coefficient (Wildman–Crippen LogP) is 3.84. The number of thioether (sulfide) groups is 1. The average Bonchev–Trinajstić information content (AvgIpc) is 3.30. The zero-order chi connectivity index (χ0) is 19.7. The molecule has 4 rings (SSSR count). The van der Waals surface area contributed by atoms with Crippen LogP contribution in [0.5, 0.6) is 0 Å². The summed E-state index contributed by atoms with van der Waals surface area (Å²) in [4.78, 5) is 0. The molecule has 10 heteroatoms. The minimum absolute atomic E-state index is 0.270. The minimum atomic E-state index is -0.387. The van der Waals surface area contributed by atoms with Crippen molar-refractivity contribution in [2.24, 2.45) is 0 Å². The quantitative estimate of drug-likeness (QED) is 0.402. The molecule has 142 valence electrons. The molecule has 0 saturated heterocycles. The molecule has 2 heterocycles. The van der Waals surface area contributed by atoms with E-state index in [1.54, 1.807) is 24.3 Å². The smallest absolute Gasteiger partial charge is 0.247 e. The molecule has 0 spiro atoms. The van der Waals surface area contributed by atoms with Crippen LogP contribution in [-0.2, 0) is 0 Å². The van der Waals surface area contributed by atoms with Crippen molar-refractivity contribution in [1.82, 2.24) is 25.1 Å². The van der Waals surface area contributed by atoms with E-state index in [1.807, 2.05) is 6.92 Å². The Kier molecular flexibility index (Phi) is 4.78. The minimum Gasteiger partial charge on any atom is -0.419 e. The maximum atomic E-state index is 13.4. The summed E-state index contributed by atoms with van der Waals surface area (Å²) in [6.07, 6.45) is 0. The van der Waals surface area contributed by atoms with Gasteiger partial charge in [-0.3, -0.25) is 0 Å². The fourth-order valence-electron chi connectivity index (χ4n) is 2.50. The Morgan fingerprint density at radius 3 is 2.50 bits per heavy atom. The summed E-state index contributed by atoms with van der Waals surface area (Å²) >= 11 is 1.27. The van der Waals surface area contributed by atoms with Gasteiger partial charge in [0.2, 0.25) is 16.9 Å². The number of hydrogen-bond acceptors (Lipinski definition) is 7. The number of aromatic nitrogens is 5. The summed E-state index contributed by atoms with van der Waals surface area (Å²) in [5, 5.41) is 16.3. The fraction of sp³-hybridized carbons (Fsp3) is 0.111. The van der Waals surface area contributed by atoms with Gasteiger partial charge in [0, 0.05) is 11.1 Å². The van der Waals surface area contributed by atoms with Crippen molar-refractivity contribution in [2.45, 2.75) is 17.3 Å². The van der Waals surface area contributed by atoms with Crippen LogP contribution in [-0.4, -0.2) is 25.1 Å². The van der Waals surface area contributed by atoms with Gasteiger partial charge < -0.3 is 10.3 Å². The Hall–Kier alpha value is -3.27. The lowest BCUT2D eigenvalue weighted by Crippen LogP contribution is -2.12. The van der Waals surface area contributed by atoms with Crippen LogP contribution in [0.15, 0.2) is 58.1 Å². The van der Waals surface area contributed by atoms with Crippen molar-refractivity contribution >= 4 is 11.8 Å². The molecule has 0 amide bonds. The molecule has 0 radical (unpaired) electrons. The van der Waals surface area contributed by atoms with Crippen LogP contribution in [0.1, 0.15) is 18.1 Å². The number of benzene rings is 2. The van der Waals surface area contributed by atoms with E-state index in [4.69, 9.17) is 10.3 Å². The van der Waals surface area contributed by atoms with Crippen LogP contribution in [0.4, 0.5) is 8.78 Å². The second-order valence-electron chi connectivity index (χ2n) is 5.90. The van der Waals surface area contributed by atoms with Crippen molar-refractivity contribution in [3.63, 3.8) is 0 Å². The van der Waals surface area contributed by atoms with Crippen LogP contribution in [0.25, 0.3) is 22.8 Å². The Balaban J connectivity index is 1.53. The molecule has 0 aliphatic carbocycles. The molecule has 2 aromatic heterocycles. The van der Waals surface area contributed by atoms with Gasteiger partial charge in [-0.25, -0.2) is 13.5 Å². The Bertz CT molecular complexity index is 1110. The van der Waals surface area contributed by atoms with Gasteiger partial charge in [0.1, 0.15) is 11.6 Å². The van der Waals surface area contributed by atoms with E-state index in [-0.39, 0.29) is 22.8 Å². The lowest BCUT2D eigenvalue weighted by molar-refractivity contribution is 0.508. The summed E-state index contributed by atoms with van der Waals surface area (Å²) in [6.45, 7) is 1.85. The van der Waals surface area contributed by atoms with Crippen LogP contribution in [0, 0.1) is 11.6 Å². The lowest BCUT2D eigenvalue weighted by atomic mass is 10.2. The third-order valence-electron chi connectivity index (χ3n) is 3.91. The second kappa shape index (κ2) is 7.39. The summed E-state index contributed by atoms with van der Waals surface area (Å²) in [7, 11) is 0. The monoisotopic (exact) mass is 400 g/mol. The van der Waals surface area contributed by atoms with Gasteiger partial charge in [-0.05, 0) is 43.3 Å². The molecule has 0 aliphatic rings. The molecule has 1 atom stereocenters. The van der Waals surface area contributed by atoms with E-state index in [2.05, 4.69) is 20.4 Å². The van der Waals surface area contributed by atoms with Gasteiger partial charge >= 0.3 is 0 Å². The fourth-order valence-corrected chi connectivity index (χ4v) is 3.30. The SMILES string of the molecule is C[C@H](Sc1nnc(-c2cccc(F)c2)n1N)c1nnc(-c2ccc(F)cc2)o1. The van der Waals surface area contributed by atoms with Gasteiger partial charge in [0.15, 0.2) is 5.82 Å². The molecule has 7 nitrogen and oxygen atoms in total. The zero-order valence-corrected chi connectivity index (χ0v) is 15.4. The highest BCUT2D eigenvalue weighted by Gasteiger charge is 2.21. The van der Waals surface area contributed by atoms with E-state index >= 15 is 0 Å². The van der Waals surface area contributed by atoms with E-state index in [0.717, 1.165) is 0 Å². The van der Waals surface area contributed by atoms with Crippen molar-refractivity contribution in [2.75, 3.05) is 5.84 Å². The van der Waals surface area contributed by atoms with Crippen molar-refractivity contribution in [3.8, 4) is 22.8 Å². The molecule has 0 unspecified atom stereocenters. The van der Waals surface area contributed by atoms with Gasteiger partial charge in [-0.15, -0.1) is 20.4 Å². The van der Waals surface area contributed by atoms with E-state index < -0.39 is 0 Å². The highest BCUT2D eigenvalue weighted by atomic mass is 32.2. The third kappa shape index (κ3) is 3.58. The van der Waals surface area contributed by atoms with Crippen LogP contribution in [0.2, 0.25) is 0 Å². The molecule has 0 bridgehead atoms. The van der Waals surface area contributed by atoms with Crippen molar-refractivity contribution < 1.29 is 13.2 Å². The highest BCUT2D eigenvalue weighted by Crippen LogP contribution is 2.34. The maximum Gasteiger partial charge on any atom is 0.247 e. The summed E-state index contributed by atoms with van der Waals surface area (Å²) in [5.41, 5.74) is 1.14. The number of hydrogen-bond donors (Lipinski definition) is 1. The lowest BCUT2D eigenvalue weighted by Gasteiger charge is -2.06. The van der Waals surface area contributed by atoms with Crippen molar-refractivity contribution in [3.05, 3.63) is 66.1 Å². The first-order valence-electron chi connectivity index (χ1n) is 8.23. The van der Waals surface area contributed by atoms with Crippen LogP contribution in [0.3, 0.4) is 0 Å². The Morgan fingerprint density at radius 1 is 0.964 bits per heavy atom. The summed E-state index contributed by atoms with van der Waals surface area (Å²) < 4.78 is 33.4. The second-order valence-corrected chi connectivity index (χ2v) is 7.21. The number of nitrogens with two attached hydrogens (primary N) is 1. The van der Waals surface area contributed by atoms with E-state index in [9.17, 15) is 8.78 Å². The summed E-state index contributed by atoms with van der Waals surface area (Å²) in [5.74, 6) is 6.33. The first-order valence-corrected chi connectivity index (χ1v) is 9.11. The molecule has 2 aromatic carbocycles. The molecule has 2 N–H and O–H groups in total.